The van der Waals surface area contributed by atoms with Crippen molar-refractivity contribution in [1.82, 2.24) is 9.13 Å². The topological polar surface area (TPSA) is 28.8 Å². The molecule has 12 aromatic carbocycles. The number of anilines is 9. The summed E-state index contributed by atoms with van der Waals surface area (Å²) < 4.78 is 80.3. The van der Waals surface area contributed by atoms with E-state index in [4.69, 9.17) is 4.74 Å². The van der Waals surface area contributed by atoms with E-state index in [-0.39, 0.29) is 11.4 Å². The number of benzene rings is 12. The molecule has 0 unspecified atom stereocenters. The smallest absolute Gasteiger partial charge is 0.256 e. The van der Waals surface area contributed by atoms with E-state index in [1.807, 2.05) is 54.6 Å². The largest absolute Gasteiger partial charge is 0.458 e. The fourth-order valence-corrected chi connectivity index (χ4v) is 15.6. The van der Waals surface area contributed by atoms with Crippen molar-refractivity contribution in [3.05, 3.63) is 269 Å². The molecule has 2 aromatic heterocycles. The highest BCUT2D eigenvalue weighted by Crippen LogP contribution is 2.51. The quantitative estimate of drug-likeness (QED) is 0.127. The zero-order chi connectivity index (χ0) is 60.9. The number of halogens is 4. The van der Waals surface area contributed by atoms with Gasteiger partial charge in [-0.2, -0.15) is 0 Å². The summed E-state index contributed by atoms with van der Waals surface area (Å²) in [7, 11) is 0. The lowest BCUT2D eigenvalue weighted by atomic mass is 9.30. The monoisotopic (exact) mass is 1170 g/mol. The summed E-state index contributed by atoms with van der Waals surface area (Å²) in [5.74, 6) is -1.63. The molecule has 0 atom stereocenters. The van der Waals surface area contributed by atoms with Crippen LogP contribution in [0.15, 0.2) is 212 Å². The van der Waals surface area contributed by atoms with Crippen molar-refractivity contribution in [2.45, 2.75) is 41.5 Å². The van der Waals surface area contributed by atoms with E-state index in [1.54, 1.807) is 9.80 Å². The average Bonchev–Trinajstić information content (AvgIpc) is 0.809. The number of hydrogen-bond donors (Lipinski definition) is 0. The van der Waals surface area contributed by atoms with E-state index < -0.39 is 36.7 Å². The Hall–Kier alpha value is -10.7. The molecule has 0 saturated carbocycles. The van der Waals surface area contributed by atoms with Crippen molar-refractivity contribution in [2.75, 3.05) is 14.7 Å². The van der Waals surface area contributed by atoms with E-state index in [0.29, 0.717) is 34.2 Å². The number of hydrogen-bond acceptors (Lipinski definition) is 4. The van der Waals surface area contributed by atoms with Crippen molar-refractivity contribution in [3.63, 3.8) is 0 Å². The van der Waals surface area contributed by atoms with Gasteiger partial charge in [-0.1, -0.05) is 121 Å². The van der Waals surface area contributed by atoms with Crippen LogP contribution in [0, 0.1) is 64.8 Å². The summed E-state index contributed by atoms with van der Waals surface area (Å²) in [5, 5.41) is 4.37. The third-order valence-corrected chi connectivity index (χ3v) is 19.8. The van der Waals surface area contributed by atoms with E-state index in [9.17, 15) is 0 Å². The van der Waals surface area contributed by atoms with Crippen LogP contribution < -0.4 is 52.2 Å². The van der Waals surface area contributed by atoms with Crippen LogP contribution in [0.2, 0.25) is 0 Å². The zero-order valence-corrected chi connectivity index (χ0v) is 50.0. The number of fused-ring (bicyclic) bond motifs is 14. The maximum atomic E-state index is 17.1. The van der Waals surface area contributed by atoms with Crippen molar-refractivity contribution in [2.24, 2.45) is 0 Å². The van der Waals surface area contributed by atoms with Crippen molar-refractivity contribution < 1.29 is 22.3 Å². The second-order valence-corrected chi connectivity index (χ2v) is 24.8. The van der Waals surface area contributed by atoms with Crippen LogP contribution in [0.4, 0.5) is 68.7 Å². The van der Waals surface area contributed by atoms with Crippen LogP contribution in [0.25, 0.3) is 55.0 Å². The first-order chi connectivity index (χ1) is 43.8. The van der Waals surface area contributed by atoms with Crippen LogP contribution in [0.1, 0.15) is 33.4 Å². The maximum Gasteiger partial charge on any atom is 0.256 e. The normalized spacial score (nSPS) is 13.4. The van der Waals surface area contributed by atoms with Gasteiger partial charge in [-0.3, -0.25) is 0 Å². The van der Waals surface area contributed by atoms with Crippen LogP contribution in [-0.2, 0) is 0 Å². The molecule has 4 aliphatic rings. The summed E-state index contributed by atoms with van der Waals surface area (Å²) in [6.07, 6.45) is 0. The molecule has 430 valence electrons. The van der Waals surface area contributed by atoms with Crippen molar-refractivity contribution in [3.8, 4) is 22.9 Å². The second-order valence-electron chi connectivity index (χ2n) is 24.8. The van der Waals surface area contributed by atoms with Crippen LogP contribution in [-0.4, -0.2) is 22.6 Å². The molecule has 12 heteroatoms. The Morgan fingerprint density at radius 3 is 1.31 bits per heavy atom. The summed E-state index contributed by atoms with van der Waals surface area (Å²) in [6, 6.07) is 69.1. The molecule has 0 saturated heterocycles. The summed E-state index contributed by atoms with van der Waals surface area (Å²) in [6.45, 7) is 11.8. The molecule has 0 spiro atoms. The highest BCUT2D eigenvalue weighted by Gasteiger charge is 2.49. The molecular weight excluding hydrogens is 1120 g/mol. The Kier molecular flexibility index (Phi) is 11.0. The van der Waals surface area contributed by atoms with Gasteiger partial charge < -0.3 is 28.6 Å². The van der Waals surface area contributed by atoms with Crippen LogP contribution in [0.3, 0.4) is 0 Å². The minimum absolute atomic E-state index is 0.178. The third kappa shape index (κ3) is 7.12. The Balaban J connectivity index is 0.956. The standard InChI is InChI=1S/C78H53B2F4N5O/c1-42-26-30-51-53-32-28-44(3)46(5)75(53)86(65(51)34-42)49-36-68-73-69(37-49)88(77-59(81)20-14-21-60(77)82)63-24-12-10-18-55(63)79(73)57-40-58-71(41-67(57)85(68)48-16-8-7-9-17-48)90-72-39-50(87-66-35-43(2)27-31-52(66)54-33-29-45(4)47(6)76(54)87)38-70-74(72)80(58)56-19-11-13-25-64(56)89(70)78-61(83)22-15-23-62(78)84/h7-41H,1-6H3. The lowest BCUT2D eigenvalue weighted by Crippen LogP contribution is -2.64. The highest BCUT2D eigenvalue weighted by atomic mass is 19.1. The minimum atomic E-state index is -0.704. The number of para-hydroxylation sites is 5. The molecule has 90 heavy (non-hydrogen) atoms. The molecule has 4 aliphatic heterocycles. The predicted octanol–water partition coefficient (Wildman–Crippen LogP) is 16.8. The second kappa shape index (κ2) is 18.9. The van der Waals surface area contributed by atoms with Crippen molar-refractivity contribution in [1.29, 1.82) is 0 Å². The van der Waals surface area contributed by atoms with Gasteiger partial charge in [0.1, 0.15) is 46.1 Å². The van der Waals surface area contributed by atoms with Gasteiger partial charge in [0.15, 0.2) is 0 Å². The van der Waals surface area contributed by atoms with Gasteiger partial charge in [-0.25, -0.2) is 17.6 Å². The minimum Gasteiger partial charge on any atom is -0.458 e. The van der Waals surface area contributed by atoms with E-state index in [0.717, 1.165) is 138 Å². The lowest BCUT2D eigenvalue weighted by molar-refractivity contribution is 0.487. The Morgan fingerprint density at radius 2 is 0.778 bits per heavy atom. The highest BCUT2D eigenvalue weighted by molar-refractivity contribution is 7.02. The number of rotatable bonds is 5. The van der Waals surface area contributed by atoms with Gasteiger partial charge in [-0.05, 0) is 187 Å². The SMILES string of the molecule is Cc1ccc2c3ccc(C)c(C)c3n(-c3cc4c5c(c3)N(c3c(F)cccc3F)c3ccccc3B5c3cc5c(cc3O4)N(c3ccccc3)c3cc(-n4c6cc(C)ccc6c6ccc(C)c(C)c64)cc4c3B5c3ccccc3N4c3c(F)cccc3F)c2c1. The summed E-state index contributed by atoms with van der Waals surface area (Å²) >= 11 is 0. The first kappa shape index (κ1) is 52.4. The maximum absolute atomic E-state index is 17.1. The average molecular weight is 1170 g/mol. The number of nitrogens with zero attached hydrogens (tertiary/aromatic N) is 5. The van der Waals surface area contributed by atoms with E-state index >= 15 is 17.6 Å². The fraction of sp³-hybridized carbons (Fsp3) is 0.0769. The first-order valence-corrected chi connectivity index (χ1v) is 30.6. The molecule has 0 fully saturated rings. The fourth-order valence-electron chi connectivity index (χ4n) is 15.6. The van der Waals surface area contributed by atoms with Crippen LogP contribution in [0.5, 0.6) is 11.5 Å². The lowest BCUT2D eigenvalue weighted by Gasteiger charge is -2.45. The van der Waals surface area contributed by atoms with Crippen LogP contribution >= 0.6 is 0 Å². The molecule has 6 heterocycles. The van der Waals surface area contributed by atoms with Gasteiger partial charge in [0.05, 0.1) is 33.4 Å². The van der Waals surface area contributed by atoms with Crippen molar-refractivity contribution >= 4 is 141 Å². The molecule has 6 nitrogen and oxygen atoms in total. The number of ether oxygens (including phenoxy) is 1. The Morgan fingerprint density at radius 1 is 0.322 bits per heavy atom. The van der Waals surface area contributed by atoms with E-state index in [1.165, 1.54) is 36.4 Å². The molecule has 0 bridgehead atoms. The molecule has 14 aromatic rings. The predicted molar refractivity (Wildman–Crippen MR) is 363 cm³/mol. The van der Waals surface area contributed by atoms with Gasteiger partial charge in [0.2, 0.25) is 0 Å². The molecular formula is C78H53B2F4N5O. The molecule has 18 rings (SSSR count). The molecule has 0 N–H and O–H groups in total. The zero-order valence-electron chi connectivity index (χ0n) is 50.0. The van der Waals surface area contributed by atoms with Gasteiger partial charge in [0.25, 0.3) is 13.4 Å². The third-order valence-electron chi connectivity index (χ3n) is 19.8. The summed E-state index contributed by atoms with van der Waals surface area (Å²) in [5.41, 5.74) is 22.1. The Bertz CT molecular complexity index is 5500. The Labute approximate surface area is 517 Å². The van der Waals surface area contributed by atoms with Gasteiger partial charge in [-0.15, -0.1) is 0 Å². The summed E-state index contributed by atoms with van der Waals surface area (Å²) in [4.78, 5) is 5.83. The van der Waals surface area contributed by atoms with Gasteiger partial charge >= 0.3 is 0 Å². The van der Waals surface area contributed by atoms with Gasteiger partial charge in [0, 0.05) is 73.5 Å². The number of aromatic nitrogens is 2. The number of aryl methyl sites for hydroxylation is 6. The molecule has 0 aliphatic carbocycles. The molecule has 0 amide bonds. The van der Waals surface area contributed by atoms with E-state index in [2.05, 4.69) is 177 Å². The molecule has 0 radical (unpaired) electrons. The first-order valence-electron chi connectivity index (χ1n) is 30.6.